The van der Waals surface area contributed by atoms with Crippen LogP contribution < -0.4 is 5.32 Å². The van der Waals surface area contributed by atoms with Crippen LogP contribution >= 0.6 is 0 Å². The Morgan fingerprint density at radius 2 is 2.06 bits per heavy atom. The van der Waals surface area contributed by atoms with Gasteiger partial charge in [-0.15, -0.1) is 0 Å². The van der Waals surface area contributed by atoms with E-state index < -0.39 is 0 Å². The van der Waals surface area contributed by atoms with Crippen molar-refractivity contribution in [1.82, 2.24) is 15.3 Å². The first-order valence-corrected chi connectivity index (χ1v) is 5.93. The highest BCUT2D eigenvalue weighted by molar-refractivity contribution is 5.00. The van der Waals surface area contributed by atoms with Gasteiger partial charge < -0.3 is 10.4 Å². The van der Waals surface area contributed by atoms with Crippen molar-refractivity contribution in [2.24, 2.45) is 0 Å². The molecule has 0 aliphatic heterocycles. The van der Waals surface area contributed by atoms with Crippen molar-refractivity contribution in [3.05, 3.63) is 23.8 Å². The number of aliphatic hydroxyl groups excluding tert-OH is 1. The van der Waals surface area contributed by atoms with Crippen LogP contribution in [-0.2, 0) is 6.54 Å². The summed E-state index contributed by atoms with van der Waals surface area (Å²) in [6, 6.07) is 1.94. The second-order valence-electron chi connectivity index (χ2n) is 3.91. The van der Waals surface area contributed by atoms with E-state index in [4.69, 9.17) is 5.11 Å². The molecule has 1 heterocycles. The van der Waals surface area contributed by atoms with Crippen molar-refractivity contribution >= 4 is 0 Å². The van der Waals surface area contributed by atoms with Gasteiger partial charge in [0.05, 0.1) is 5.69 Å². The maximum Gasteiger partial charge on any atom is 0.125 e. The minimum absolute atomic E-state index is 0.313. The van der Waals surface area contributed by atoms with E-state index in [0.29, 0.717) is 6.61 Å². The van der Waals surface area contributed by atoms with Crippen molar-refractivity contribution < 1.29 is 5.11 Å². The summed E-state index contributed by atoms with van der Waals surface area (Å²) in [5.41, 5.74) is 1.04. The number of rotatable bonds is 8. The fraction of sp³-hybridized carbons (Fsp3) is 0.667. The van der Waals surface area contributed by atoms with Gasteiger partial charge in [0.2, 0.25) is 0 Å². The Morgan fingerprint density at radius 1 is 1.25 bits per heavy atom. The molecule has 0 aliphatic carbocycles. The molecule has 0 aliphatic rings. The van der Waals surface area contributed by atoms with Gasteiger partial charge >= 0.3 is 0 Å². The molecule has 0 saturated carbocycles. The summed E-state index contributed by atoms with van der Waals surface area (Å²) in [4.78, 5) is 8.37. The topological polar surface area (TPSA) is 58.0 Å². The Bertz CT molecular complexity index is 291. The molecule has 90 valence electrons. The smallest absolute Gasteiger partial charge is 0.125 e. The molecule has 0 unspecified atom stereocenters. The number of aryl methyl sites for hydroxylation is 1. The minimum atomic E-state index is 0.313. The summed E-state index contributed by atoms with van der Waals surface area (Å²) in [5.74, 6) is 0.822. The fourth-order valence-electron chi connectivity index (χ4n) is 1.54. The van der Waals surface area contributed by atoms with Crippen molar-refractivity contribution in [2.45, 2.75) is 39.2 Å². The molecule has 16 heavy (non-hydrogen) atoms. The lowest BCUT2D eigenvalue weighted by molar-refractivity contribution is 0.282. The zero-order valence-corrected chi connectivity index (χ0v) is 9.95. The zero-order valence-electron chi connectivity index (χ0n) is 9.95. The van der Waals surface area contributed by atoms with E-state index in [9.17, 15) is 0 Å². The summed E-state index contributed by atoms with van der Waals surface area (Å²) in [7, 11) is 0. The third-order valence-corrected chi connectivity index (χ3v) is 2.40. The van der Waals surface area contributed by atoms with E-state index in [-0.39, 0.29) is 0 Å². The molecule has 4 heteroatoms. The largest absolute Gasteiger partial charge is 0.396 e. The second-order valence-corrected chi connectivity index (χ2v) is 3.91. The van der Waals surface area contributed by atoms with Crippen molar-refractivity contribution in [3.8, 4) is 0 Å². The van der Waals surface area contributed by atoms with Gasteiger partial charge in [0.1, 0.15) is 5.82 Å². The van der Waals surface area contributed by atoms with Crippen LogP contribution in [-0.4, -0.2) is 28.2 Å². The van der Waals surface area contributed by atoms with E-state index >= 15 is 0 Å². The number of nitrogens with zero attached hydrogens (tertiary/aromatic N) is 2. The average molecular weight is 223 g/mol. The molecule has 0 saturated heterocycles. The number of hydrogen-bond donors (Lipinski definition) is 2. The quantitative estimate of drug-likeness (QED) is 0.655. The number of unbranched alkanes of at least 4 members (excludes halogenated alkanes) is 3. The Kier molecular flexibility index (Phi) is 6.69. The molecule has 0 aromatic carbocycles. The van der Waals surface area contributed by atoms with Crippen molar-refractivity contribution in [1.29, 1.82) is 0 Å². The lowest BCUT2D eigenvalue weighted by Gasteiger charge is -2.04. The van der Waals surface area contributed by atoms with E-state index in [0.717, 1.165) is 43.9 Å². The van der Waals surface area contributed by atoms with Crippen LogP contribution in [0.5, 0.6) is 0 Å². The maximum atomic E-state index is 8.61. The Morgan fingerprint density at radius 3 is 2.81 bits per heavy atom. The van der Waals surface area contributed by atoms with E-state index in [1.807, 2.05) is 13.0 Å². The van der Waals surface area contributed by atoms with E-state index in [1.54, 1.807) is 6.20 Å². The van der Waals surface area contributed by atoms with Gasteiger partial charge in [-0.2, -0.15) is 0 Å². The maximum absolute atomic E-state index is 8.61. The Labute approximate surface area is 97.1 Å². The molecule has 1 aromatic heterocycles. The summed E-state index contributed by atoms with van der Waals surface area (Å²) in [6.07, 6.45) is 6.16. The van der Waals surface area contributed by atoms with Crippen LogP contribution in [0, 0.1) is 6.92 Å². The van der Waals surface area contributed by atoms with Crippen LogP contribution in [0.15, 0.2) is 12.3 Å². The van der Waals surface area contributed by atoms with E-state index in [2.05, 4.69) is 15.3 Å². The first kappa shape index (κ1) is 13.1. The molecule has 0 fully saturated rings. The molecule has 0 bridgehead atoms. The number of aromatic nitrogens is 2. The first-order valence-electron chi connectivity index (χ1n) is 5.93. The molecule has 1 rings (SSSR count). The highest BCUT2D eigenvalue weighted by Gasteiger charge is 1.95. The monoisotopic (exact) mass is 223 g/mol. The summed E-state index contributed by atoms with van der Waals surface area (Å²) < 4.78 is 0. The van der Waals surface area contributed by atoms with Gasteiger partial charge in [-0.1, -0.05) is 12.8 Å². The molecule has 0 spiro atoms. The Balaban J connectivity index is 2.03. The van der Waals surface area contributed by atoms with Crippen LogP contribution in [0.25, 0.3) is 0 Å². The number of hydrogen-bond acceptors (Lipinski definition) is 4. The van der Waals surface area contributed by atoms with Crippen molar-refractivity contribution in [3.63, 3.8) is 0 Å². The fourth-order valence-corrected chi connectivity index (χ4v) is 1.54. The average Bonchev–Trinajstić information content (AvgIpc) is 2.28. The summed E-state index contributed by atoms with van der Waals surface area (Å²) >= 11 is 0. The predicted octanol–water partition coefficient (Wildman–Crippen LogP) is 1.43. The lowest BCUT2D eigenvalue weighted by atomic mass is 10.2. The van der Waals surface area contributed by atoms with Gasteiger partial charge in [-0.3, -0.25) is 0 Å². The van der Waals surface area contributed by atoms with Gasteiger partial charge in [0.15, 0.2) is 0 Å². The van der Waals surface area contributed by atoms with Gasteiger partial charge in [-0.05, 0) is 32.4 Å². The van der Waals surface area contributed by atoms with Crippen LogP contribution in [0.1, 0.15) is 37.2 Å². The lowest BCUT2D eigenvalue weighted by Crippen LogP contribution is -2.16. The SMILES string of the molecule is Cc1nccc(CNCCCCCCO)n1. The molecular weight excluding hydrogens is 202 g/mol. The van der Waals surface area contributed by atoms with Gasteiger partial charge in [-0.25, -0.2) is 9.97 Å². The van der Waals surface area contributed by atoms with Gasteiger partial charge in [0.25, 0.3) is 0 Å². The van der Waals surface area contributed by atoms with Crippen molar-refractivity contribution in [2.75, 3.05) is 13.2 Å². The van der Waals surface area contributed by atoms with Crippen LogP contribution in [0.2, 0.25) is 0 Å². The number of nitrogens with one attached hydrogen (secondary N) is 1. The third kappa shape index (κ3) is 5.78. The van der Waals surface area contributed by atoms with Crippen LogP contribution in [0.3, 0.4) is 0 Å². The highest BCUT2D eigenvalue weighted by Crippen LogP contribution is 1.98. The molecule has 0 atom stereocenters. The molecular formula is C12H21N3O. The Hall–Kier alpha value is -1.00. The predicted molar refractivity (Wildman–Crippen MR) is 64.0 cm³/mol. The molecule has 2 N–H and O–H groups in total. The number of aliphatic hydroxyl groups is 1. The van der Waals surface area contributed by atoms with Crippen LogP contribution in [0.4, 0.5) is 0 Å². The standard InChI is InChI=1S/C12H21N3O/c1-11-14-8-6-12(15-11)10-13-7-4-2-3-5-9-16/h6,8,13,16H,2-5,7,9-10H2,1H3. The minimum Gasteiger partial charge on any atom is -0.396 e. The second kappa shape index (κ2) is 8.19. The normalized spacial score (nSPS) is 10.6. The van der Waals surface area contributed by atoms with Gasteiger partial charge in [0, 0.05) is 19.3 Å². The van der Waals surface area contributed by atoms with E-state index in [1.165, 1.54) is 6.42 Å². The molecule has 0 amide bonds. The summed E-state index contributed by atoms with van der Waals surface area (Å²) in [6.45, 7) is 4.03. The molecule has 4 nitrogen and oxygen atoms in total. The first-order chi connectivity index (χ1) is 7.83. The molecule has 1 aromatic rings. The highest BCUT2D eigenvalue weighted by atomic mass is 16.2. The summed E-state index contributed by atoms with van der Waals surface area (Å²) in [5, 5.41) is 12.0. The third-order valence-electron chi connectivity index (χ3n) is 2.40. The zero-order chi connectivity index (χ0) is 11.6. The molecule has 0 radical (unpaired) electrons.